The number of imidazole rings is 1. The topological polar surface area (TPSA) is 54.5 Å². The molecule has 3 heterocycles. The van der Waals surface area contributed by atoms with Crippen molar-refractivity contribution < 1.29 is 0 Å². The molecule has 0 radical (unpaired) electrons. The third kappa shape index (κ3) is 3.14. The molecule has 3 aromatic heterocycles. The fourth-order valence-electron chi connectivity index (χ4n) is 2.92. The van der Waals surface area contributed by atoms with E-state index < -0.39 is 0 Å². The highest BCUT2D eigenvalue weighted by molar-refractivity contribution is 5.78. The van der Waals surface area contributed by atoms with Crippen molar-refractivity contribution in [3.05, 3.63) is 78.6 Å². The lowest BCUT2D eigenvalue weighted by molar-refractivity contribution is 0.867. The minimum Gasteiger partial charge on any atom is -0.336 e. The number of nitrogens with one attached hydrogen (secondary N) is 1. The van der Waals surface area contributed by atoms with Crippen LogP contribution in [0.3, 0.4) is 0 Å². The molecule has 0 aliphatic rings. The van der Waals surface area contributed by atoms with Gasteiger partial charge in [0, 0.05) is 18.0 Å². The first-order valence-electron chi connectivity index (χ1n) is 8.75. The van der Waals surface area contributed by atoms with Gasteiger partial charge < -0.3 is 4.98 Å². The van der Waals surface area contributed by atoms with Gasteiger partial charge in [0.15, 0.2) is 0 Å². The maximum atomic E-state index is 4.84. The molecule has 0 unspecified atom stereocenters. The number of pyridine rings is 2. The summed E-state index contributed by atoms with van der Waals surface area (Å²) in [7, 11) is 0. The average Bonchev–Trinajstić information content (AvgIpc) is 3.15. The SMILES string of the molecule is CC(C)c1ccc(-c2nc(-c3ccccn3)c(-c3ccccn3)[nH]2)cc1. The third-order valence-corrected chi connectivity index (χ3v) is 4.38. The zero-order chi connectivity index (χ0) is 17.9. The molecule has 4 rings (SSSR count). The van der Waals surface area contributed by atoms with Crippen molar-refractivity contribution in [1.82, 2.24) is 19.9 Å². The summed E-state index contributed by atoms with van der Waals surface area (Å²) in [5.74, 6) is 1.33. The van der Waals surface area contributed by atoms with E-state index in [1.165, 1.54) is 5.56 Å². The summed E-state index contributed by atoms with van der Waals surface area (Å²) in [5.41, 5.74) is 5.74. The van der Waals surface area contributed by atoms with E-state index in [2.05, 4.69) is 53.1 Å². The van der Waals surface area contributed by atoms with E-state index in [4.69, 9.17) is 4.98 Å². The molecule has 4 heteroatoms. The number of nitrogens with zero attached hydrogens (tertiary/aromatic N) is 3. The molecule has 1 N–H and O–H groups in total. The Morgan fingerprint density at radius 2 is 1.42 bits per heavy atom. The van der Waals surface area contributed by atoms with Crippen molar-refractivity contribution in [2.45, 2.75) is 19.8 Å². The van der Waals surface area contributed by atoms with E-state index in [0.29, 0.717) is 5.92 Å². The molecular weight excluding hydrogens is 320 g/mol. The molecular formula is C22H20N4. The highest BCUT2D eigenvalue weighted by Crippen LogP contribution is 2.31. The second-order valence-electron chi connectivity index (χ2n) is 6.52. The summed E-state index contributed by atoms with van der Waals surface area (Å²) < 4.78 is 0. The Morgan fingerprint density at radius 1 is 0.769 bits per heavy atom. The quantitative estimate of drug-likeness (QED) is 0.547. The number of rotatable bonds is 4. The second kappa shape index (κ2) is 6.92. The Labute approximate surface area is 153 Å². The predicted molar refractivity (Wildman–Crippen MR) is 105 cm³/mol. The van der Waals surface area contributed by atoms with Crippen molar-refractivity contribution in [2.75, 3.05) is 0 Å². The lowest BCUT2D eigenvalue weighted by atomic mass is 10.0. The molecule has 0 aliphatic heterocycles. The van der Waals surface area contributed by atoms with E-state index >= 15 is 0 Å². The van der Waals surface area contributed by atoms with E-state index in [1.807, 2.05) is 36.4 Å². The van der Waals surface area contributed by atoms with E-state index in [-0.39, 0.29) is 0 Å². The summed E-state index contributed by atoms with van der Waals surface area (Å²) in [4.78, 5) is 17.2. The highest BCUT2D eigenvalue weighted by atomic mass is 15.0. The standard InChI is InChI=1S/C22H20N4/c1-15(2)16-9-11-17(12-10-16)22-25-20(18-7-3-5-13-23-18)21(26-22)19-8-4-6-14-24-19/h3-15H,1-2H3,(H,25,26). The minimum absolute atomic E-state index is 0.508. The summed E-state index contributed by atoms with van der Waals surface area (Å²) >= 11 is 0. The molecule has 0 fully saturated rings. The zero-order valence-corrected chi connectivity index (χ0v) is 14.8. The van der Waals surface area contributed by atoms with E-state index in [1.54, 1.807) is 12.4 Å². The van der Waals surface area contributed by atoms with E-state index in [0.717, 1.165) is 34.2 Å². The van der Waals surface area contributed by atoms with Crippen molar-refractivity contribution in [3.63, 3.8) is 0 Å². The van der Waals surface area contributed by atoms with Crippen LogP contribution in [0.2, 0.25) is 0 Å². The van der Waals surface area contributed by atoms with Gasteiger partial charge in [-0.1, -0.05) is 50.2 Å². The molecule has 26 heavy (non-hydrogen) atoms. The lowest BCUT2D eigenvalue weighted by Gasteiger charge is -2.05. The van der Waals surface area contributed by atoms with Crippen LogP contribution in [0.1, 0.15) is 25.3 Å². The van der Waals surface area contributed by atoms with Gasteiger partial charge in [-0.05, 0) is 35.7 Å². The highest BCUT2D eigenvalue weighted by Gasteiger charge is 2.16. The summed E-state index contributed by atoms with van der Waals surface area (Å²) in [6.07, 6.45) is 3.57. The molecule has 0 bridgehead atoms. The molecule has 0 spiro atoms. The summed E-state index contributed by atoms with van der Waals surface area (Å²) in [6.45, 7) is 4.39. The van der Waals surface area contributed by atoms with Gasteiger partial charge in [0.25, 0.3) is 0 Å². The Morgan fingerprint density at radius 3 is 2.00 bits per heavy atom. The van der Waals surface area contributed by atoms with Crippen LogP contribution < -0.4 is 0 Å². The maximum absolute atomic E-state index is 4.84. The van der Waals surface area contributed by atoms with Gasteiger partial charge in [0.05, 0.1) is 17.1 Å². The van der Waals surface area contributed by atoms with Gasteiger partial charge in [-0.3, -0.25) is 9.97 Å². The molecule has 4 aromatic rings. The molecule has 0 amide bonds. The summed E-state index contributed by atoms with van der Waals surface area (Å²) in [5, 5.41) is 0. The largest absolute Gasteiger partial charge is 0.336 e. The van der Waals surface area contributed by atoms with Gasteiger partial charge in [-0.15, -0.1) is 0 Å². The smallest absolute Gasteiger partial charge is 0.138 e. The molecule has 128 valence electrons. The Kier molecular flexibility index (Phi) is 4.32. The van der Waals surface area contributed by atoms with Crippen molar-refractivity contribution in [1.29, 1.82) is 0 Å². The van der Waals surface area contributed by atoms with Gasteiger partial charge >= 0.3 is 0 Å². The maximum Gasteiger partial charge on any atom is 0.138 e. The molecule has 1 aromatic carbocycles. The Balaban J connectivity index is 1.83. The van der Waals surface area contributed by atoms with Gasteiger partial charge in [-0.2, -0.15) is 0 Å². The first-order valence-corrected chi connectivity index (χ1v) is 8.75. The van der Waals surface area contributed by atoms with Crippen LogP contribution in [0.5, 0.6) is 0 Å². The minimum atomic E-state index is 0.508. The number of benzene rings is 1. The Hall–Kier alpha value is -3.27. The van der Waals surface area contributed by atoms with Crippen molar-refractivity contribution in [3.8, 4) is 34.2 Å². The fraction of sp³-hybridized carbons (Fsp3) is 0.136. The number of hydrogen-bond acceptors (Lipinski definition) is 3. The molecule has 4 nitrogen and oxygen atoms in total. The number of H-pyrrole nitrogens is 1. The molecule has 0 saturated carbocycles. The lowest BCUT2D eigenvalue weighted by Crippen LogP contribution is -1.88. The predicted octanol–water partition coefficient (Wildman–Crippen LogP) is 5.32. The first-order chi connectivity index (χ1) is 12.7. The zero-order valence-electron chi connectivity index (χ0n) is 14.8. The summed E-state index contributed by atoms with van der Waals surface area (Å²) in [6, 6.07) is 20.2. The van der Waals surface area contributed by atoms with Crippen LogP contribution in [0.15, 0.2) is 73.1 Å². The molecule has 0 saturated heterocycles. The molecule has 0 atom stereocenters. The van der Waals surface area contributed by atoms with E-state index in [9.17, 15) is 0 Å². The number of hydrogen-bond donors (Lipinski definition) is 1. The van der Waals surface area contributed by atoms with Gasteiger partial charge in [-0.25, -0.2) is 4.98 Å². The third-order valence-electron chi connectivity index (χ3n) is 4.38. The van der Waals surface area contributed by atoms with Gasteiger partial charge in [0.1, 0.15) is 11.5 Å². The monoisotopic (exact) mass is 340 g/mol. The van der Waals surface area contributed by atoms with Crippen molar-refractivity contribution in [2.24, 2.45) is 0 Å². The average molecular weight is 340 g/mol. The van der Waals surface area contributed by atoms with Crippen LogP contribution in [0.25, 0.3) is 34.2 Å². The van der Waals surface area contributed by atoms with Crippen molar-refractivity contribution >= 4 is 0 Å². The number of aromatic nitrogens is 4. The van der Waals surface area contributed by atoms with Crippen LogP contribution >= 0.6 is 0 Å². The molecule has 0 aliphatic carbocycles. The fourth-order valence-corrected chi connectivity index (χ4v) is 2.92. The van der Waals surface area contributed by atoms with Crippen LogP contribution in [-0.4, -0.2) is 19.9 Å². The van der Waals surface area contributed by atoms with Crippen LogP contribution in [0.4, 0.5) is 0 Å². The van der Waals surface area contributed by atoms with Gasteiger partial charge in [0.2, 0.25) is 0 Å². The second-order valence-corrected chi connectivity index (χ2v) is 6.52. The first kappa shape index (κ1) is 16.2. The Bertz CT molecular complexity index is 931. The normalized spacial score (nSPS) is 11.0. The van der Waals surface area contributed by atoms with Crippen LogP contribution in [0, 0.1) is 0 Å². The van der Waals surface area contributed by atoms with Crippen LogP contribution in [-0.2, 0) is 0 Å². The number of aromatic amines is 1.